The number of hydrogen-bond acceptors (Lipinski definition) is 7. The number of H-pyrrole nitrogens is 1. The van der Waals surface area contributed by atoms with Gasteiger partial charge in [-0.05, 0) is 76.9 Å². The van der Waals surface area contributed by atoms with E-state index in [4.69, 9.17) is 9.47 Å². The Morgan fingerprint density at radius 2 is 1.75 bits per heavy atom. The lowest BCUT2D eigenvalue weighted by molar-refractivity contribution is 0.0578. The average Bonchev–Trinajstić information content (AvgIpc) is 2.78. The van der Waals surface area contributed by atoms with Crippen LogP contribution in [0.15, 0.2) is 47.3 Å². The second-order valence-electron chi connectivity index (χ2n) is 9.78. The first-order valence-corrected chi connectivity index (χ1v) is 11.4. The molecule has 0 spiro atoms. The topological polar surface area (TPSA) is 118 Å². The largest absolute Gasteiger partial charge is 0.496 e. The molecular weight excluding hydrogens is 467 g/mol. The summed E-state index contributed by atoms with van der Waals surface area (Å²) in [7, 11) is 1.49. The maximum absolute atomic E-state index is 13.3. The van der Waals surface area contributed by atoms with Crippen molar-refractivity contribution in [1.82, 2.24) is 15.0 Å². The zero-order chi connectivity index (χ0) is 26.7. The van der Waals surface area contributed by atoms with Gasteiger partial charge in [0.25, 0.3) is 0 Å². The summed E-state index contributed by atoms with van der Waals surface area (Å²) < 4.78 is 24.2. The number of anilines is 1. The van der Waals surface area contributed by atoms with E-state index >= 15 is 0 Å². The second-order valence-corrected chi connectivity index (χ2v) is 9.78. The van der Waals surface area contributed by atoms with Gasteiger partial charge in [0.1, 0.15) is 23.0 Å². The van der Waals surface area contributed by atoms with Crippen LogP contribution in [0.5, 0.6) is 5.75 Å². The van der Waals surface area contributed by atoms with Gasteiger partial charge in [0, 0.05) is 17.7 Å². The number of carbonyl (C=O) groups is 1. The number of halogens is 1. The van der Waals surface area contributed by atoms with E-state index in [-0.39, 0.29) is 24.1 Å². The fourth-order valence-corrected chi connectivity index (χ4v) is 3.45. The number of benzene rings is 2. The van der Waals surface area contributed by atoms with Gasteiger partial charge < -0.3 is 14.6 Å². The predicted molar refractivity (Wildman–Crippen MR) is 134 cm³/mol. The van der Waals surface area contributed by atoms with Crippen LogP contribution in [0.3, 0.4) is 0 Å². The van der Waals surface area contributed by atoms with E-state index in [9.17, 15) is 19.1 Å². The van der Waals surface area contributed by atoms with Gasteiger partial charge in [-0.3, -0.25) is 4.98 Å². The number of rotatable bonds is 7. The third-order valence-corrected chi connectivity index (χ3v) is 5.16. The smallest absolute Gasteiger partial charge is 0.417 e. The van der Waals surface area contributed by atoms with Gasteiger partial charge in [0.2, 0.25) is 5.95 Å². The maximum atomic E-state index is 13.3. The molecule has 10 heteroatoms. The van der Waals surface area contributed by atoms with Crippen LogP contribution in [0.1, 0.15) is 45.7 Å². The van der Waals surface area contributed by atoms with E-state index in [1.165, 1.54) is 24.1 Å². The van der Waals surface area contributed by atoms with Gasteiger partial charge in [0.05, 0.1) is 12.7 Å². The molecule has 2 aromatic carbocycles. The lowest BCUT2D eigenvalue weighted by atomic mass is 9.95. The molecule has 0 saturated carbocycles. The number of aromatic amines is 1. The molecule has 0 saturated heterocycles. The van der Waals surface area contributed by atoms with E-state index in [1.54, 1.807) is 65.0 Å². The quantitative estimate of drug-likeness (QED) is 0.501. The Bertz CT molecular complexity index is 1280. The summed E-state index contributed by atoms with van der Waals surface area (Å²) >= 11 is 0. The highest BCUT2D eigenvalue weighted by Crippen LogP contribution is 2.33. The van der Waals surface area contributed by atoms with Crippen LogP contribution < -0.4 is 15.3 Å². The summed E-state index contributed by atoms with van der Waals surface area (Å²) in [5.74, 6) is 0.104. The Labute approximate surface area is 208 Å². The molecule has 1 aromatic heterocycles. The van der Waals surface area contributed by atoms with Gasteiger partial charge in [-0.1, -0.05) is 12.1 Å². The van der Waals surface area contributed by atoms with Crippen molar-refractivity contribution in [3.63, 3.8) is 0 Å². The number of nitrogens with zero attached hydrogens (tertiary/aromatic N) is 3. The molecule has 0 unspecified atom stereocenters. The fraction of sp³-hybridized carbons (Fsp3) is 0.385. The van der Waals surface area contributed by atoms with Crippen LogP contribution in [0.25, 0.3) is 11.4 Å². The molecule has 0 atom stereocenters. The molecule has 0 fully saturated rings. The van der Waals surface area contributed by atoms with E-state index < -0.39 is 23.0 Å². The molecular formula is C26H31FN4O5. The van der Waals surface area contributed by atoms with Gasteiger partial charge in [0.15, 0.2) is 0 Å². The Kier molecular flexibility index (Phi) is 7.78. The number of aromatic nitrogens is 3. The highest BCUT2D eigenvalue weighted by atomic mass is 19.1. The number of aliphatic hydroxyl groups is 1. The van der Waals surface area contributed by atoms with Crippen molar-refractivity contribution in [2.24, 2.45) is 0 Å². The number of amides is 1. The monoisotopic (exact) mass is 498 g/mol. The van der Waals surface area contributed by atoms with Crippen molar-refractivity contribution in [1.29, 1.82) is 0 Å². The molecule has 0 radical (unpaired) electrons. The zero-order valence-corrected chi connectivity index (χ0v) is 21.3. The first-order valence-electron chi connectivity index (χ1n) is 11.4. The third kappa shape index (κ3) is 6.88. The van der Waals surface area contributed by atoms with Crippen LogP contribution in [0.2, 0.25) is 0 Å². The van der Waals surface area contributed by atoms with Crippen LogP contribution in [-0.4, -0.2) is 45.4 Å². The molecule has 192 valence electrons. The summed E-state index contributed by atoms with van der Waals surface area (Å²) in [6.07, 6.45) is -0.385. The van der Waals surface area contributed by atoms with Crippen LogP contribution >= 0.6 is 0 Å². The predicted octanol–water partition coefficient (Wildman–Crippen LogP) is 4.19. The standard InChI is InChI=1S/C26H31FN4O5/c1-25(2,3)36-24(33)31(14-13-16-7-10-18(27)11-8-16)22-28-21(29-23(32)30-22)17-9-12-20(35-6)19(15-17)26(4,5)34/h7-12,15,34H,13-14H2,1-6H3,(H,28,29,30,32). The second kappa shape index (κ2) is 10.4. The van der Waals surface area contributed by atoms with Crippen LogP contribution in [0.4, 0.5) is 15.1 Å². The minimum absolute atomic E-state index is 0.0843. The highest BCUT2D eigenvalue weighted by molar-refractivity contribution is 5.85. The number of methoxy groups -OCH3 is 1. The number of hydrogen-bond donors (Lipinski definition) is 2. The van der Waals surface area contributed by atoms with Crippen molar-refractivity contribution in [3.05, 3.63) is 69.9 Å². The Hall–Kier alpha value is -3.79. The normalized spacial score (nSPS) is 11.8. The minimum atomic E-state index is -1.23. The Morgan fingerprint density at radius 3 is 2.33 bits per heavy atom. The molecule has 9 nitrogen and oxygen atoms in total. The lowest BCUT2D eigenvalue weighted by Gasteiger charge is -2.26. The van der Waals surface area contributed by atoms with Crippen molar-refractivity contribution in [2.75, 3.05) is 18.6 Å². The summed E-state index contributed by atoms with van der Waals surface area (Å²) in [6, 6.07) is 10.9. The third-order valence-electron chi connectivity index (χ3n) is 5.16. The van der Waals surface area contributed by atoms with E-state index in [1.807, 2.05) is 0 Å². The van der Waals surface area contributed by atoms with Crippen molar-refractivity contribution in [2.45, 2.75) is 52.2 Å². The first-order chi connectivity index (χ1) is 16.8. The SMILES string of the molecule is COc1ccc(-c2nc(N(CCc3ccc(F)cc3)C(=O)OC(C)(C)C)nc(=O)[nH]2)cc1C(C)(C)O. The molecule has 2 N–H and O–H groups in total. The van der Waals surface area contributed by atoms with Gasteiger partial charge in [-0.2, -0.15) is 9.97 Å². The van der Waals surface area contributed by atoms with Crippen molar-refractivity contribution in [3.8, 4) is 17.1 Å². The van der Waals surface area contributed by atoms with E-state index in [0.717, 1.165) is 5.56 Å². The summed E-state index contributed by atoms with van der Waals surface area (Å²) in [5, 5.41) is 10.6. The molecule has 0 aliphatic carbocycles. The first kappa shape index (κ1) is 26.8. The Balaban J connectivity index is 2.03. The lowest BCUT2D eigenvalue weighted by Crippen LogP contribution is -2.40. The summed E-state index contributed by atoms with van der Waals surface area (Å²) in [4.78, 5) is 37.7. The maximum Gasteiger partial charge on any atom is 0.417 e. The average molecular weight is 499 g/mol. The zero-order valence-electron chi connectivity index (χ0n) is 21.3. The van der Waals surface area contributed by atoms with Crippen molar-refractivity contribution < 1.29 is 23.8 Å². The number of carbonyl (C=O) groups excluding carboxylic acids is 1. The molecule has 3 aromatic rings. The molecule has 0 bridgehead atoms. The number of ether oxygens (including phenoxy) is 2. The number of nitrogens with one attached hydrogen (secondary N) is 1. The molecule has 0 aliphatic rings. The Morgan fingerprint density at radius 1 is 1.08 bits per heavy atom. The van der Waals surface area contributed by atoms with E-state index in [2.05, 4.69) is 15.0 Å². The fourth-order valence-electron chi connectivity index (χ4n) is 3.45. The van der Waals surface area contributed by atoms with Crippen LogP contribution in [0, 0.1) is 5.82 Å². The molecule has 1 amide bonds. The summed E-state index contributed by atoms with van der Waals surface area (Å²) in [5.41, 5.74) is -0.992. The van der Waals surface area contributed by atoms with Gasteiger partial charge in [-0.25, -0.2) is 18.9 Å². The van der Waals surface area contributed by atoms with Gasteiger partial charge >= 0.3 is 11.8 Å². The molecule has 0 aliphatic heterocycles. The van der Waals surface area contributed by atoms with E-state index in [0.29, 0.717) is 23.3 Å². The molecule has 1 heterocycles. The summed E-state index contributed by atoms with van der Waals surface area (Å²) in [6.45, 7) is 8.49. The highest BCUT2D eigenvalue weighted by Gasteiger charge is 2.27. The van der Waals surface area contributed by atoms with Crippen molar-refractivity contribution >= 4 is 12.0 Å². The molecule has 36 heavy (non-hydrogen) atoms. The van der Waals surface area contributed by atoms with Crippen LogP contribution in [-0.2, 0) is 16.8 Å². The van der Waals surface area contributed by atoms with Gasteiger partial charge in [-0.15, -0.1) is 0 Å². The minimum Gasteiger partial charge on any atom is -0.496 e. The molecule has 3 rings (SSSR count).